The lowest BCUT2D eigenvalue weighted by Crippen LogP contribution is -2.24. The summed E-state index contributed by atoms with van der Waals surface area (Å²) in [5.74, 6) is 0.506. The normalized spacial score (nSPS) is 12.3. The van der Waals surface area contributed by atoms with Gasteiger partial charge in [0.1, 0.15) is 11.6 Å². The Morgan fingerprint density at radius 3 is 2.85 bits per heavy atom. The minimum Gasteiger partial charge on any atom is -0.496 e. The lowest BCUT2D eigenvalue weighted by atomic mass is 10.0. The van der Waals surface area contributed by atoms with Crippen molar-refractivity contribution in [3.05, 3.63) is 52.0 Å². The maximum atomic E-state index is 13.6. The molecule has 0 aliphatic carbocycles. The average molecular weight is 293 g/mol. The zero-order valence-corrected chi connectivity index (χ0v) is 12.7. The van der Waals surface area contributed by atoms with Crippen LogP contribution in [0.3, 0.4) is 0 Å². The third-order valence-electron chi connectivity index (χ3n) is 3.19. The van der Waals surface area contributed by atoms with Gasteiger partial charge in [0.25, 0.3) is 0 Å². The number of hydrogen-bond donors (Lipinski definition) is 1. The van der Waals surface area contributed by atoms with Crippen LogP contribution in [-0.4, -0.2) is 13.7 Å². The van der Waals surface area contributed by atoms with Gasteiger partial charge < -0.3 is 10.1 Å². The SMILES string of the molecule is CCCNC(Cc1cccs1)c1cc(F)ccc1OC. The first-order valence-corrected chi connectivity index (χ1v) is 7.71. The highest BCUT2D eigenvalue weighted by molar-refractivity contribution is 7.09. The maximum Gasteiger partial charge on any atom is 0.123 e. The number of hydrogen-bond acceptors (Lipinski definition) is 3. The van der Waals surface area contributed by atoms with E-state index in [9.17, 15) is 4.39 Å². The molecule has 0 aliphatic rings. The Bertz CT molecular complexity index is 527. The standard InChI is InChI=1S/C16H20FNOS/c1-3-8-18-15(11-13-5-4-9-20-13)14-10-12(17)6-7-16(14)19-2/h4-7,9-10,15,18H,3,8,11H2,1-2H3. The monoisotopic (exact) mass is 293 g/mol. The van der Waals surface area contributed by atoms with E-state index in [-0.39, 0.29) is 11.9 Å². The van der Waals surface area contributed by atoms with Gasteiger partial charge in [0.05, 0.1) is 7.11 Å². The van der Waals surface area contributed by atoms with Crippen molar-refractivity contribution in [1.29, 1.82) is 0 Å². The van der Waals surface area contributed by atoms with Crippen molar-refractivity contribution < 1.29 is 9.13 Å². The van der Waals surface area contributed by atoms with E-state index in [0.717, 1.165) is 30.7 Å². The van der Waals surface area contributed by atoms with Crippen LogP contribution in [0.15, 0.2) is 35.7 Å². The predicted molar refractivity (Wildman–Crippen MR) is 82.0 cm³/mol. The predicted octanol–water partition coefficient (Wildman–Crippen LogP) is 4.18. The summed E-state index contributed by atoms with van der Waals surface area (Å²) in [4.78, 5) is 1.28. The Morgan fingerprint density at radius 1 is 1.35 bits per heavy atom. The molecule has 20 heavy (non-hydrogen) atoms. The van der Waals surface area contributed by atoms with Gasteiger partial charge in [0.15, 0.2) is 0 Å². The summed E-state index contributed by atoms with van der Waals surface area (Å²) in [5.41, 5.74) is 0.884. The highest BCUT2D eigenvalue weighted by Crippen LogP contribution is 2.29. The number of rotatable bonds is 7. The van der Waals surface area contributed by atoms with Crippen LogP contribution < -0.4 is 10.1 Å². The molecular weight excluding hydrogens is 273 g/mol. The molecular formula is C16H20FNOS. The second-order valence-electron chi connectivity index (χ2n) is 4.68. The molecule has 0 fully saturated rings. The van der Waals surface area contributed by atoms with Crippen LogP contribution in [0.4, 0.5) is 4.39 Å². The second-order valence-corrected chi connectivity index (χ2v) is 5.71. The molecule has 4 heteroatoms. The third-order valence-corrected chi connectivity index (χ3v) is 4.09. The van der Waals surface area contributed by atoms with Gasteiger partial charge in [-0.05, 0) is 42.6 Å². The Morgan fingerprint density at radius 2 is 2.20 bits per heavy atom. The van der Waals surface area contributed by atoms with Crippen molar-refractivity contribution in [2.24, 2.45) is 0 Å². The summed E-state index contributed by atoms with van der Waals surface area (Å²) < 4.78 is 18.9. The van der Waals surface area contributed by atoms with E-state index >= 15 is 0 Å². The van der Waals surface area contributed by atoms with Gasteiger partial charge in [-0.3, -0.25) is 0 Å². The molecule has 108 valence electrons. The van der Waals surface area contributed by atoms with Crippen molar-refractivity contribution in [2.45, 2.75) is 25.8 Å². The first-order valence-electron chi connectivity index (χ1n) is 6.83. The molecule has 2 nitrogen and oxygen atoms in total. The van der Waals surface area contributed by atoms with Crippen molar-refractivity contribution >= 4 is 11.3 Å². The molecule has 2 rings (SSSR count). The lowest BCUT2D eigenvalue weighted by Gasteiger charge is -2.21. The molecule has 0 saturated heterocycles. The maximum absolute atomic E-state index is 13.6. The van der Waals surface area contributed by atoms with E-state index in [2.05, 4.69) is 23.7 Å². The van der Waals surface area contributed by atoms with Crippen molar-refractivity contribution in [1.82, 2.24) is 5.32 Å². The third kappa shape index (κ3) is 3.81. The van der Waals surface area contributed by atoms with Gasteiger partial charge >= 0.3 is 0 Å². The van der Waals surface area contributed by atoms with Gasteiger partial charge in [-0.2, -0.15) is 0 Å². The second kappa shape index (κ2) is 7.41. The van der Waals surface area contributed by atoms with Crippen LogP contribution in [0.1, 0.15) is 29.8 Å². The van der Waals surface area contributed by atoms with Gasteiger partial charge in [-0.1, -0.05) is 13.0 Å². The summed E-state index contributed by atoms with van der Waals surface area (Å²) in [7, 11) is 1.62. The molecule has 1 aromatic carbocycles. The summed E-state index contributed by atoms with van der Waals surface area (Å²) in [5, 5.41) is 5.55. The number of nitrogens with one attached hydrogen (secondary N) is 1. The zero-order chi connectivity index (χ0) is 14.4. The average Bonchev–Trinajstić information content (AvgIpc) is 2.96. The summed E-state index contributed by atoms with van der Waals surface area (Å²) in [6.45, 7) is 3.02. The van der Waals surface area contributed by atoms with Crippen molar-refractivity contribution in [2.75, 3.05) is 13.7 Å². The Kier molecular flexibility index (Phi) is 5.56. The van der Waals surface area contributed by atoms with Gasteiger partial charge in [0, 0.05) is 22.9 Å². The summed E-state index contributed by atoms with van der Waals surface area (Å²) in [6.07, 6.45) is 1.88. The topological polar surface area (TPSA) is 21.3 Å². The molecule has 1 N–H and O–H groups in total. The van der Waals surface area contributed by atoms with E-state index in [0.29, 0.717) is 0 Å². The largest absolute Gasteiger partial charge is 0.496 e. The molecule has 0 saturated carbocycles. The van der Waals surface area contributed by atoms with Gasteiger partial charge in [-0.25, -0.2) is 4.39 Å². The van der Waals surface area contributed by atoms with Crippen LogP contribution in [-0.2, 0) is 6.42 Å². The van der Waals surface area contributed by atoms with E-state index in [1.54, 1.807) is 30.6 Å². The fourth-order valence-corrected chi connectivity index (χ4v) is 2.97. The van der Waals surface area contributed by atoms with E-state index in [1.807, 2.05) is 6.07 Å². The Balaban J connectivity index is 2.27. The number of methoxy groups -OCH3 is 1. The molecule has 0 amide bonds. The first-order chi connectivity index (χ1) is 9.74. The minimum absolute atomic E-state index is 0.0687. The fourth-order valence-electron chi connectivity index (χ4n) is 2.22. The van der Waals surface area contributed by atoms with E-state index in [1.165, 1.54) is 10.9 Å². The Labute approximate surface area is 123 Å². The molecule has 0 radical (unpaired) electrons. The van der Waals surface area contributed by atoms with Crippen molar-refractivity contribution in [3.8, 4) is 5.75 Å². The van der Waals surface area contributed by atoms with E-state index in [4.69, 9.17) is 4.74 Å². The number of halogens is 1. The highest BCUT2D eigenvalue weighted by atomic mass is 32.1. The van der Waals surface area contributed by atoms with Crippen LogP contribution in [0.5, 0.6) is 5.75 Å². The van der Waals surface area contributed by atoms with Crippen LogP contribution in [0.25, 0.3) is 0 Å². The molecule has 0 bridgehead atoms. The van der Waals surface area contributed by atoms with Crippen LogP contribution >= 0.6 is 11.3 Å². The summed E-state index contributed by atoms with van der Waals surface area (Å²) in [6, 6.07) is 8.92. The zero-order valence-electron chi connectivity index (χ0n) is 11.9. The fraction of sp³-hybridized carbons (Fsp3) is 0.375. The Hall–Kier alpha value is -1.39. The van der Waals surface area contributed by atoms with Crippen LogP contribution in [0, 0.1) is 5.82 Å². The molecule has 1 atom stereocenters. The minimum atomic E-state index is -0.227. The summed E-state index contributed by atoms with van der Waals surface area (Å²) >= 11 is 1.72. The molecule has 0 aliphatic heterocycles. The number of benzene rings is 1. The molecule has 1 aromatic heterocycles. The molecule has 0 spiro atoms. The number of ether oxygens (including phenoxy) is 1. The van der Waals surface area contributed by atoms with Crippen molar-refractivity contribution in [3.63, 3.8) is 0 Å². The smallest absolute Gasteiger partial charge is 0.123 e. The first kappa shape index (κ1) is 15.0. The van der Waals surface area contributed by atoms with Gasteiger partial charge in [0.2, 0.25) is 0 Å². The highest BCUT2D eigenvalue weighted by Gasteiger charge is 2.17. The van der Waals surface area contributed by atoms with E-state index < -0.39 is 0 Å². The van der Waals surface area contributed by atoms with Crippen LogP contribution in [0.2, 0.25) is 0 Å². The molecule has 1 unspecified atom stereocenters. The lowest BCUT2D eigenvalue weighted by molar-refractivity contribution is 0.396. The quantitative estimate of drug-likeness (QED) is 0.827. The number of thiophene rings is 1. The molecule has 2 aromatic rings. The molecule has 1 heterocycles. The van der Waals surface area contributed by atoms with Gasteiger partial charge in [-0.15, -0.1) is 11.3 Å².